The van der Waals surface area contributed by atoms with Gasteiger partial charge < -0.3 is 10.6 Å². The minimum atomic E-state index is -4.11. The van der Waals surface area contributed by atoms with Crippen LogP contribution in [0.25, 0.3) is 0 Å². The quantitative estimate of drug-likeness (QED) is 0.337. The maximum Gasteiger partial charge on any atom is 0.391 e. The van der Waals surface area contributed by atoms with Crippen LogP contribution >= 0.6 is 24.0 Å². The summed E-state index contributed by atoms with van der Waals surface area (Å²) in [6.07, 6.45) is -2.42. The zero-order valence-electron chi connectivity index (χ0n) is 16.8. The molecule has 0 saturated heterocycles. The summed E-state index contributed by atoms with van der Waals surface area (Å²) in [6.45, 7) is 3.62. The first-order chi connectivity index (χ1) is 12.8. The van der Waals surface area contributed by atoms with Gasteiger partial charge in [-0.1, -0.05) is 36.8 Å². The zero-order valence-corrected chi connectivity index (χ0v) is 19.1. The molecule has 2 N–H and O–H groups in total. The van der Waals surface area contributed by atoms with E-state index in [1.807, 2.05) is 18.2 Å². The normalized spacial score (nSPS) is 21.8. The molecule has 0 aromatic heterocycles. The van der Waals surface area contributed by atoms with E-state index in [1.165, 1.54) is 5.56 Å². The van der Waals surface area contributed by atoms with Crippen LogP contribution in [0.4, 0.5) is 13.2 Å². The second-order valence-corrected chi connectivity index (χ2v) is 7.45. The fourth-order valence-electron chi connectivity index (χ4n) is 3.43. The molecule has 1 fully saturated rings. The van der Waals surface area contributed by atoms with E-state index >= 15 is 0 Å². The second kappa shape index (κ2) is 11.8. The van der Waals surface area contributed by atoms with Crippen LogP contribution in [0.3, 0.4) is 0 Å². The number of halogens is 4. The van der Waals surface area contributed by atoms with E-state index in [0.717, 1.165) is 13.0 Å². The third-order valence-corrected chi connectivity index (χ3v) is 5.29. The van der Waals surface area contributed by atoms with Gasteiger partial charge in [-0.2, -0.15) is 13.2 Å². The Bertz CT molecular complexity index is 595. The number of aliphatic imine (C=N–C) groups is 1. The van der Waals surface area contributed by atoms with Gasteiger partial charge in [0.05, 0.1) is 5.92 Å². The predicted octanol–water partition coefficient (Wildman–Crippen LogP) is 4.41. The molecule has 0 heterocycles. The molecule has 3 unspecified atom stereocenters. The molecule has 0 spiro atoms. The van der Waals surface area contributed by atoms with Crippen LogP contribution in [0.1, 0.15) is 38.2 Å². The lowest BCUT2D eigenvalue weighted by Crippen LogP contribution is -2.49. The summed E-state index contributed by atoms with van der Waals surface area (Å²) in [5, 5.41) is 6.42. The second-order valence-electron chi connectivity index (χ2n) is 7.45. The maximum absolute atomic E-state index is 13.0. The standard InChI is InChI=1S/C20H31F3N4.HI/c1-15(27(3)14-16-8-5-4-6-9-16)13-25-19(24-2)26-18-11-7-10-17(12-18)20(21,22)23;/h4-6,8-9,15,17-18H,7,10-14H2,1-3H3,(H2,24,25,26);1H. The monoisotopic (exact) mass is 512 g/mol. The maximum atomic E-state index is 13.0. The Hall–Kier alpha value is -1.03. The average molecular weight is 512 g/mol. The van der Waals surface area contributed by atoms with Crippen molar-refractivity contribution in [1.82, 2.24) is 15.5 Å². The highest BCUT2D eigenvalue weighted by molar-refractivity contribution is 14.0. The molecule has 0 aliphatic heterocycles. The van der Waals surface area contributed by atoms with Crippen LogP contribution in [-0.2, 0) is 6.54 Å². The minimum absolute atomic E-state index is 0. The Kier molecular flexibility index (Phi) is 10.6. The summed E-state index contributed by atoms with van der Waals surface area (Å²) in [5.41, 5.74) is 1.25. The predicted molar refractivity (Wildman–Crippen MR) is 119 cm³/mol. The van der Waals surface area contributed by atoms with Gasteiger partial charge in [0.15, 0.2) is 5.96 Å². The van der Waals surface area contributed by atoms with Gasteiger partial charge in [0.2, 0.25) is 0 Å². The number of nitrogens with zero attached hydrogens (tertiary/aromatic N) is 2. The van der Waals surface area contributed by atoms with E-state index in [9.17, 15) is 13.2 Å². The third kappa shape index (κ3) is 8.14. The van der Waals surface area contributed by atoms with E-state index in [-0.39, 0.29) is 48.9 Å². The van der Waals surface area contributed by atoms with Gasteiger partial charge in [0.1, 0.15) is 0 Å². The number of alkyl halides is 3. The highest BCUT2D eigenvalue weighted by Gasteiger charge is 2.42. The Morgan fingerprint density at radius 3 is 2.54 bits per heavy atom. The van der Waals surface area contributed by atoms with Crippen LogP contribution < -0.4 is 10.6 Å². The van der Waals surface area contributed by atoms with Crippen molar-refractivity contribution in [3.8, 4) is 0 Å². The number of guanidine groups is 1. The highest BCUT2D eigenvalue weighted by atomic mass is 127. The summed E-state index contributed by atoms with van der Waals surface area (Å²) in [7, 11) is 3.71. The van der Waals surface area contributed by atoms with Crippen molar-refractivity contribution in [1.29, 1.82) is 0 Å². The molecule has 3 atom stereocenters. The zero-order chi connectivity index (χ0) is 19.9. The summed E-state index contributed by atoms with van der Waals surface area (Å²) < 4.78 is 38.9. The average Bonchev–Trinajstić information content (AvgIpc) is 2.65. The molecule has 1 aliphatic rings. The van der Waals surface area contributed by atoms with Gasteiger partial charge in [-0.15, -0.1) is 24.0 Å². The van der Waals surface area contributed by atoms with E-state index in [4.69, 9.17) is 0 Å². The van der Waals surface area contributed by atoms with Crippen LogP contribution in [-0.4, -0.2) is 49.8 Å². The van der Waals surface area contributed by atoms with Crippen LogP contribution in [0.2, 0.25) is 0 Å². The minimum Gasteiger partial charge on any atom is -0.355 e. The van der Waals surface area contributed by atoms with Crippen molar-refractivity contribution in [2.24, 2.45) is 10.9 Å². The Morgan fingerprint density at radius 2 is 1.93 bits per heavy atom. The fourth-order valence-corrected chi connectivity index (χ4v) is 3.43. The lowest BCUT2D eigenvalue weighted by atomic mass is 9.85. The molecule has 2 rings (SSSR count). The first kappa shape index (κ1) is 25.0. The molecule has 1 saturated carbocycles. The van der Waals surface area contributed by atoms with Crippen LogP contribution in [0.15, 0.2) is 35.3 Å². The van der Waals surface area contributed by atoms with Gasteiger partial charge in [0.25, 0.3) is 0 Å². The summed E-state index contributed by atoms with van der Waals surface area (Å²) >= 11 is 0. The fraction of sp³-hybridized carbons (Fsp3) is 0.650. The molecular weight excluding hydrogens is 480 g/mol. The van der Waals surface area contributed by atoms with Crippen molar-refractivity contribution in [3.05, 3.63) is 35.9 Å². The highest BCUT2D eigenvalue weighted by Crippen LogP contribution is 2.37. The van der Waals surface area contributed by atoms with E-state index in [2.05, 4.69) is 46.6 Å². The molecule has 1 aromatic carbocycles. The molecule has 0 amide bonds. The topological polar surface area (TPSA) is 39.7 Å². The molecule has 160 valence electrons. The third-order valence-electron chi connectivity index (χ3n) is 5.29. The molecule has 28 heavy (non-hydrogen) atoms. The van der Waals surface area contributed by atoms with Crippen molar-refractivity contribution in [2.45, 2.75) is 57.4 Å². The number of nitrogens with one attached hydrogen (secondary N) is 2. The van der Waals surface area contributed by atoms with Gasteiger partial charge in [-0.05, 0) is 38.8 Å². The largest absolute Gasteiger partial charge is 0.391 e. The van der Waals surface area contributed by atoms with E-state index in [0.29, 0.717) is 18.9 Å². The van der Waals surface area contributed by atoms with Gasteiger partial charge in [0, 0.05) is 32.2 Å². The smallest absolute Gasteiger partial charge is 0.355 e. The van der Waals surface area contributed by atoms with Gasteiger partial charge in [-0.25, -0.2) is 0 Å². The molecule has 1 aromatic rings. The Balaban J connectivity index is 0.00000392. The molecule has 8 heteroatoms. The SMILES string of the molecule is CN=C(NCC(C)N(C)Cc1ccccc1)NC1CCCC(C(F)(F)F)C1.I. The number of rotatable bonds is 6. The Morgan fingerprint density at radius 1 is 1.25 bits per heavy atom. The number of hydrogen-bond acceptors (Lipinski definition) is 2. The molecule has 1 aliphatic carbocycles. The molecule has 4 nitrogen and oxygen atoms in total. The molecule has 0 bridgehead atoms. The van der Waals surface area contributed by atoms with Gasteiger partial charge in [-0.3, -0.25) is 9.89 Å². The van der Waals surface area contributed by atoms with Crippen molar-refractivity contribution in [2.75, 3.05) is 20.6 Å². The first-order valence-electron chi connectivity index (χ1n) is 9.57. The lowest BCUT2D eigenvalue weighted by Gasteiger charge is -2.32. The van der Waals surface area contributed by atoms with Crippen LogP contribution in [0, 0.1) is 5.92 Å². The molecular formula is C20H32F3IN4. The van der Waals surface area contributed by atoms with E-state index < -0.39 is 12.1 Å². The summed E-state index contributed by atoms with van der Waals surface area (Å²) in [5.74, 6) is -0.638. The van der Waals surface area contributed by atoms with Crippen LogP contribution in [0.5, 0.6) is 0 Å². The summed E-state index contributed by atoms with van der Waals surface area (Å²) in [6, 6.07) is 10.3. The van der Waals surface area contributed by atoms with Gasteiger partial charge >= 0.3 is 6.18 Å². The summed E-state index contributed by atoms with van der Waals surface area (Å²) in [4.78, 5) is 6.41. The van der Waals surface area contributed by atoms with Crippen molar-refractivity contribution >= 4 is 29.9 Å². The Labute approximate surface area is 183 Å². The van der Waals surface area contributed by atoms with Crippen molar-refractivity contribution in [3.63, 3.8) is 0 Å². The first-order valence-corrected chi connectivity index (χ1v) is 9.57. The lowest BCUT2D eigenvalue weighted by molar-refractivity contribution is -0.183. The van der Waals surface area contributed by atoms with Crippen molar-refractivity contribution < 1.29 is 13.2 Å². The molecule has 0 radical (unpaired) electrons. The number of likely N-dealkylation sites (N-methyl/N-ethyl adjacent to an activating group) is 1. The number of benzene rings is 1. The number of hydrogen-bond donors (Lipinski definition) is 2. The van der Waals surface area contributed by atoms with E-state index in [1.54, 1.807) is 7.05 Å².